The lowest BCUT2D eigenvalue weighted by Crippen LogP contribution is -2.30. The third-order valence-corrected chi connectivity index (χ3v) is 5.46. The lowest BCUT2D eigenvalue weighted by molar-refractivity contribution is -0.121. The van der Waals surface area contributed by atoms with Crippen LogP contribution in [0.4, 0.5) is 0 Å². The van der Waals surface area contributed by atoms with E-state index in [1.165, 1.54) is 28.4 Å². The molecule has 2 aromatic heterocycles. The van der Waals surface area contributed by atoms with Crippen molar-refractivity contribution < 1.29 is 9.53 Å². The number of nitrogens with one attached hydrogen (secondary N) is 1. The quantitative estimate of drug-likeness (QED) is 0.357. The molecule has 7 nitrogen and oxygen atoms in total. The number of hydrogen-bond donors (Lipinski definition) is 1. The number of aromatic nitrogens is 2. The summed E-state index contributed by atoms with van der Waals surface area (Å²) < 4.78 is 6.82. The minimum absolute atomic E-state index is 0.184. The molecular formula is C23H20N4O3S. The fourth-order valence-corrected chi connectivity index (χ4v) is 4.05. The van der Waals surface area contributed by atoms with Crippen molar-refractivity contribution >= 4 is 33.7 Å². The van der Waals surface area contributed by atoms with Crippen LogP contribution >= 0.6 is 11.3 Å². The number of fused-ring (bicyclic) bond motifs is 1. The molecule has 4 rings (SSSR count). The average molecular weight is 433 g/mol. The summed E-state index contributed by atoms with van der Waals surface area (Å²) in [4.78, 5) is 30.4. The maximum atomic E-state index is 13.0. The summed E-state index contributed by atoms with van der Waals surface area (Å²) in [6.07, 6.45) is 2.91. The van der Waals surface area contributed by atoms with Gasteiger partial charge in [-0.05, 0) is 24.6 Å². The van der Waals surface area contributed by atoms with Gasteiger partial charge in [0.15, 0.2) is 0 Å². The topological polar surface area (TPSA) is 85.6 Å². The molecule has 0 aliphatic heterocycles. The molecule has 0 atom stereocenters. The van der Waals surface area contributed by atoms with Gasteiger partial charge in [-0.1, -0.05) is 42.5 Å². The number of carbonyl (C=O) groups excluding carboxylic acids is 1. The van der Waals surface area contributed by atoms with Gasteiger partial charge in [-0.3, -0.25) is 14.2 Å². The van der Waals surface area contributed by atoms with Crippen LogP contribution in [0.1, 0.15) is 12.5 Å². The van der Waals surface area contributed by atoms with E-state index in [0.717, 1.165) is 16.7 Å². The van der Waals surface area contributed by atoms with Gasteiger partial charge < -0.3 is 4.74 Å². The van der Waals surface area contributed by atoms with Crippen molar-refractivity contribution in [3.05, 3.63) is 82.2 Å². The molecule has 156 valence electrons. The molecule has 2 heterocycles. The number of amides is 1. The number of benzene rings is 2. The molecule has 0 saturated heterocycles. The van der Waals surface area contributed by atoms with Crippen LogP contribution in [-0.2, 0) is 11.3 Å². The van der Waals surface area contributed by atoms with Gasteiger partial charge in [0.25, 0.3) is 11.5 Å². The summed E-state index contributed by atoms with van der Waals surface area (Å²) in [6, 6.07) is 17.0. The Morgan fingerprint density at radius 2 is 1.97 bits per heavy atom. The summed E-state index contributed by atoms with van der Waals surface area (Å²) in [6.45, 7) is 2.24. The van der Waals surface area contributed by atoms with E-state index >= 15 is 0 Å². The summed E-state index contributed by atoms with van der Waals surface area (Å²) in [7, 11) is 0. The molecule has 4 aromatic rings. The monoisotopic (exact) mass is 432 g/mol. The van der Waals surface area contributed by atoms with Gasteiger partial charge in [-0.25, -0.2) is 10.4 Å². The number of hydrazone groups is 1. The van der Waals surface area contributed by atoms with E-state index in [1.807, 2.05) is 66.9 Å². The number of thiophene rings is 1. The van der Waals surface area contributed by atoms with Crippen LogP contribution in [0.25, 0.3) is 21.3 Å². The maximum absolute atomic E-state index is 13.0. The minimum Gasteiger partial charge on any atom is -0.493 e. The summed E-state index contributed by atoms with van der Waals surface area (Å²) >= 11 is 1.41. The molecule has 0 spiro atoms. The average Bonchev–Trinajstić information content (AvgIpc) is 3.23. The van der Waals surface area contributed by atoms with Crippen LogP contribution in [0, 0.1) is 0 Å². The number of carbonyl (C=O) groups is 1. The van der Waals surface area contributed by atoms with Gasteiger partial charge in [0, 0.05) is 16.5 Å². The molecule has 2 aromatic carbocycles. The number of rotatable bonds is 7. The zero-order valence-corrected chi connectivity index (χ0v) is 17.6. The predicted molar refractivity (Wildman–Crippen MR) is 123 cm³/mol. The van der Waals surface area contributed by atoms with Gasteiger partial charge >= 0.3 is 0 Å². The fourth-order valence-electron chi connectivity index (χ4n) is 3.15. The number of para-hydroxylation sites is 1. The van der Waals surface area contributed by atoms with E-state index in [4.69, 9.17) is 4.74 Å². The van der Waals surface area contributed by atoms with Crippen LogP contribution in [0.2, 0.25) is 0 Å². The molecule has 0 aliphatic carbocycles. The fraction of sp³-hybridized carbons (Fsp3) is 0.130. The Morgan fingerprint density at radius 3 is 2.77 bits per heavy atom. The van der Waals surface area contributed by atoms with E-state index in [2.05, 4.69) is 15.5 Å². The zero-order valence-electron chi connectivity index (χ0n) is 16.8. The Morgan fingerprint density at radius 1 is 1.19 bits per heavy atom. The Labute approximate surface area is 182 Å². The van der Waals surface area contributed by atoms with Crippen LogP contribution in [0.15, 0.2) is 76.2 Å². The molecule has 1 amide bonds. The van der Waals surface area contributed by atoms with Crippen LogP contribution in [0.5, 0.6) is 5.75 Å². The second kappa shape index (κ2) is 9.36. The molecule has 1 N–H and O–H groups in total. The molecule has 0 saturated carbocycles. The first-order chi connectivity index (χ1) is 15.2. The third-order valence-electron chi connectivity index (χ3n) is 4.57. The van der Waals surface area contributed by atoms with E-state index in [1.54, 1.807) is 0 Å². The van der Waals surface area contributed by atoms with Crippen molar-refractivity contribution in [1.29, 1.82) is 0 Å². The smallest absolute Gasteiger partial charge is 0.263 e. The van der Waals surface area contributed by atoms with Crippen LogP contribution in [0.3, 0.4) is 0 Å². The normalized spacial score (nSPS) is 11.1. The first-order valence-electron chi connectivity index (χ1n) is 9.73. The number of ether oxygens (including phenoxy) is 1. The Balaban J connectivity index is 1.52. The standard InChI is InChI=1S/C23H20N4O3S/c1-2-30-19-11-7-6-10-17(19)12-25-26-20(28)13-27-15-24-22-21(23(27)29)18(14-31-22)16-8-4-3-5-9-16/h3-12,14-15H,2,13H2,1H3,(H,26,28). The molecule has 0 unspecified atom stereocenters. The summed E-state index contributed by atoms with van der Waals surface area (Å²) in [5.74, 6) is 0.254. The highest BCUT2D eigenvalue weighted by molar-refractivity contribution is 7.17. The number of nitrogens with zero attached hydrogens (tertiary/aromatic N) is 3. The van der Waals surface area contributed by atoms with E-state index in [0.29, 0.717) is 22.6 Å². The second-order valence-electron chi connectivity index (χ2n) is 6.64. The molecule has 31 heavy (non-hydrogen) atoms. The van der Waals surface area contributed by atoms with Gasteiger partial charge in [-0.15, -0.1) is 11.3 Å². The molecule has 0 bridgehead atoms. The highest BCUT2D eigenvalue weighted by atomic mass is 32.1. The van der Waals surface area contributed by atoms with E-state index in [-0.39, 0.29) is 12.1 Å². The van der Waals surface area contributed by atoms with Crippen molar-refractivity contribution in [1.82, 2.24) is 15.0 Å². The highest BCUT2D eigenvalue weighted by Gasteiger charge is 2.14. The summed E-state index contributed by atoms with van der Waals surface area (Å²) in [5, 5.41) is 6.42. The lowest BCUT2D eigenvalue weighted by Gasteiger charge is -2.07. The molecule has 0 fully saturated rings. The molecule has 0 aliphatic rings. The Bertz CT molecular complexity index is 1300. The predicted octanol–water partition coefficient (Wildman–Crippen LogP) is 3.67. The van der Waals surface area contributed by atoms with Crippen molar-refractivity contribution in [3.8, 4) is 16.9 Å². The van der Waals surface area contributed by atoms with Gasteiger partial charge in [0.05, 0.1) is 24.5 Å². The first kappa shape index (κ1) is 20.5. The maximum Gasteiger partial charge on any atom is 0.263 e. The number of hydrogen-bond acceptors (Lipinski definition) is 6. The van der Waals surface area contributed by atoms with Crippen molar-refractivity contribution in [2.75, 3.05) is 6.61 Å². The van der Waals surface area contributed by atoms with E-state index in [9.17, 15) is 9.59 Å². The minimum atomic E-state index is -0.426. The highest BCUT2D eigenvalue weighted by Crippen LogP contribution is 2.30. The largest absolute Gasteiger partial charge is 0.493 e. The van der Waals surface area contributed by atoms with Crippen LogP contribution < -0.4 is 15.7 Å². The zero-order chi connectivity index (χ0) is 21.6. The molecule has 8 heteroatoms. The SMILES string of the molecule is CCOc1ccccc1C=NNC(=O)Cn1cnc2scc(-c3ccccc3)c2c1=O. The Kier molecular flexibility index (Phi) is 6.18. The van der Waals surface area contributed by atoms with Gasteiger partial charge in [0.1, 0.15) is 17.1 Å². The van der Waals surface area contributed by atoms with Gasteiger partial charge in [-0.2, -0.15) is 5.10 Å². The Hall–Kier alpha value is -3.78. The summed E-state index contributed by atoms with van der Waals surface area (Å²) in [5.41, 5.74) is 4.70. The first-order valence-corrected chi connectivity index (χ1v) is 10.6. The van der Waals surface area contributed by atoms with Crippen molar-refractivity contribution in [2.24, 2.45) is 5.10 Å². The molecule has 0 radical (unpaired) electrons. The third kappa shape index (κ3) is 4.54. The van der Waals surface area contributed by atoms with Crippen LogP contribution in [-0.4, -0.2) is 28.3 Å². The van der Waals surface area contributed by atoms with Crippen molar-refractivity contribution in [2.45, 2.75) is 13.5 Å². The van der Waals surface area contributed by atoms with Gasteiger partial charge in [0.2, 0.25) is 0 Å². The van der Waals surface area contributed by atoms with Crippen molar-refractivity contribution in [3.63, 3.8) is 0 Å². The lowest BCUT2D eigenvalue weighted by atomic mass is 10.1. The molecular weight excluding hydrogens is 412 g/mol. The second-order valence-corrected chi connectivity index (χ2v) is 7.50. The van der Waals surface area contributed by atoms with E-state index < -0.39 is 5.91 Å².